The average molecular weight is 429 g/mol. The summed E-state index contributed by atoms with van der Waals surface area (Å²) in [5.41, 5.74) is 1.60. The van der Waals surface area contributed by atoms with Crippen molar-refractivity contribution in [3.05, 3.63) is 23.8 Å². The van der Waals surface area contributed by atoms with Crippen LogP contribution in [0.4, 0.5) is 0 Å². The van der Waals surface area contributed by atoms with E-state index in [9.17, 15) is 10.2 Å². The number of allylic oxidation sites excluding steroid dienone is 2. The van der Waals surface area contributed by atoms with Crippen molar-refractivity contribution in [2.45, 2.75) is 71.0 Å². The summed E-state index contributed by atoms with van der Waals surface area (Å²) in [5, 5.41) is 21.0. The molecule has 31 heavy (non-hydrogen) atoms. The van der Waals surface area contributed by atoms with E-state index in [4.69, 9.17) is 0 Å². The summed E-state index contributed by atoms with van der Waals surface area (Å²) in [4.78, 5) is 5.02. The molecule has 0 aromatic carbocycles. The fraction of sp³-hybridized carbons (Fsp3) is 0.778. The van der Waals surface area contributed by atoms with Gasteiger partial charge in [0.1, 0.15) is 0 Å². The SMILES string of the molecule is CC#CC[C@H](C)[C@H](O)C=C[C@@H]1[C@H]2CC(=CCCCCN3CCN(C)CC3)C[C@H]2C[C@H]1O. The predicted octanol–water partition coefficient (Wildman–Crippen LogP) is 3.70. The zero-order valence-electron chi connectivity index (χ0n) is 20.0. The van der Waals surface area contributed by atoms with Gasteiger partial charge in [0.2, 0.25) is 0 Å². The molecule has 1 saturated heterocycles. The van der Waals surface area contributed by atoms with Gasteiger partial charge in [0.15, 0.2) is 0 Å². The largest absolute Gasteiger partial charge is 0.392 e. The highest BCUT2D eigenvalue weighted by molar-refractivity contribution is 5.18. The maximum absolute atomic E-state index is 10.6. The van der Waals surface area contributed by atoms with Gasteiger partial charge in [0.25, 0.3) is 0 Å². The molecule has 3 rings (SSSR count). The first kappa shape index (κ1) is 24.5. The molecule has 1 aliphatic heterocycles. The number of aliphatic hydroxyl groups excluding tert-OH is 2. The first-order valence-corrected chi connectivity index (χ1v) is 12.5. The molecule has 6 atom stereocenters. The quantitative estimate of drug-likeness (QED) is 0.334. The second-order valence-electron chi connectivity index (χ2n) is 10.2. The number of hydrogen-bond acceptors (Lipinski definition) is 4. The van der Waals surface area contributed by atoms with E-state index in [1.54, 1.807) is 5.57 Å². The van der Waals surface area contributed by atoms with Crippen LogP contribution in [0.25, 0.3) is 0 Å². The summed E-state index contributed by atoms with van der Waals surface area (Å²) in [5.74, 6) is 7.42. The van der Waals surface area contributed by atoms with Crippen molar-refractivity contribution in [1.82, 2.24) is 9.80 Å². The van der Waals surface area contributed by atoms with Crippen LogP contribution in [0.15, 0.2) is 23.8 Å². The van der Waals surface area contributed by atoms with Gasteiger partial charge >= 0.3 is 0 Å². The molecule has 2 saturated carbocycles. The highest BCUT2D eigenvalue weighted by Crippen LogP contribution is 2.50. The number of hydrogen-bond donors (Lipinski definition) is 2. The van der Waals surface area contributed by atoms with Crippen molar-refractivity contribution in [2.75, 3.05) is 39.8 Å². The van der Waals surface area contributed by atoms with Crippen LogP contribution in [0.1, 0.15) is 58.8 Å². The maximum Gasteiger partial charge on any atom is 0.0755 e. The van der Waals surface area contributed by atoms with E-state index in [1.165, 1.54) is 52.0 Å². The van der Waals surface area contributed by atoms with Gasteiger partial charge in [-0.05, 0) is 76.8 Å². The summed E-state index contributed by atoms with van der Waals surface area (Å²) in [7, 11) is 2.21. The average Bonchev–Trinajstić information content (AvgIpc) is 3.27. The van der Waals surface area contributed by atoms with E-state index in [0.29, 0.717) is 18.3 Å². The lowest BCUT2D eigenvalue weighted by Gasteiger charge is -2.32. The zero-order valence-corrected chi connectivity index (χ0v) is 20.0. The lowest BCUT2D eigenvalue weighted by Crippen LogP contribution is -2.44. The van der Waals surface area contributed by atoms with Gasteiger partial charge < -0.3 is 20.0 Å². The van der Waals surface area contributed by atoms with E-state index < -0.39 is 6.10 Å². The highest BCUT2D eigenvalue weighted by Gasteiger charge is 2.44. The van der Waals surface area contributed by atoms with Gasteiger partial charge in [-0.15, -0.1) is 11.8 Å². The van der Waals surface area contributed by atoms with Crippen LogP contribution >= 0.6 is 0 Å². The Balaban J connectivity index is 1.40. The molecule has 3 fully saturated rings. The number of unbranched alkanes of at least 4 members (excludes halogenated alkanes) is 2. The van der Waals surface area contributed by atoms with Gasteiger partial charge in [-0.3, -0.25) is 0 Å². The van der Waals surface area contributed by atoms with Crippen molar-refractivity contribution in [3.8, 4) is 11.8 Å². The topological polar surface area (TPSA) is 46.9 Å². The Morgan fingerprint density at radius 2 is 1.94 bits per heavy atom. The van der Waals surface area contributed by atoms with Gasteiger partial charge in [-0.25, -0.2) is 0 Å². The molecule has 0 amide bonds. The fourth-order valence-electron chi connectivity index (χ4n) is 5.61. The molecule has 0 bridgehead atoms. The molecule has 2 N–H and O–H groups in total. The minimum atomic E-state index is -0.483. The smallest absolute Gasteiger partial charge is 0.0755 e. The van der Waals surface area contributed by atoms with Crippen LogP contribution in [0, 0.1) is 35.5 Å². The molecule has 3 aliphatic rings. The lowest BCUT2D eigenvalue weighted by atomic mass is 9.89. The summed E-state index contributed by atoms with van der Waals surface area (Å²) < 4.78 is 0. The molecule has 2 aliphatic carbocycles. The van der Waals surface area contributed by atoms with Crippen molar-refractivity contribution in [3.63, 3.8) is 0 Å². The molecule has 0 radical (unpaired) electrons. The third-order valence-electron chi connectivity index (χ3n) is 7.78. The lowest BCUT2D eigenvalue weighted by molar-refractivity contribution is 0.137. The van der Waals surface area contributed by atoms with Crippen molar-refractivity contribution in [1.29, 1.82) is 0 Å². The molecule has 0 aromatic heterocycles. The summed E-state index contributed by atoms with van der Waals surface area (Å²) in [6.45, 7) is 9.96. The second kappa shape index (κ2) is 12.2. The van der Waals surface area contributed by atoms with Gasteiger partial charge in [-0.1, -0.05) is 30.7 Å². The van der Waals surface area contributed by atoms with Crippen LogP contribution in [0.5, 0.6) is 0 Å². The molecule has 0 unspecified atom stereocenters. The number of piperazine rings is 1. The van der Waals surface area contributed by atoms with Crippen LogP contribution in [0.3, 0.4) is 0 Å². The highest BCUT2D eigenvalue weighted by atomic mass is 16.3. The van der Waals surface area contributed by atoms with Crippen molar-refractivity contribution < 1.29 is 10.2 Å². The van der Waals surface area contributed by atoms with Crippen LogP contribution in [-0.2, 0) is 0 Å². The number of aliphatic hydroxyl groups is 2. The predicted molar refractivity (Wildman–Crippen MR) is 129 cm³/mol. The minimum Gasteiger partial charge on any atom is -0.392 e. The third-order valence-corrected chi connectivity index (χ3v) is 7.78. The van der Waals surface area contributed by atoms with E-state index in [1.807, 2.05) is 19.9 Å². The Bertz CT molecular complexity index is 668. The van der Waals surface area contributed by atoms with E-state index in [-0.39, 0.29) is 17.9 Å². The van der Waals surface area contributed by atoms with Crippen molar-refractivity contribution in [2.24, 2.45) is 23.7 Å². The third kappa shape index (κ3) is 7.19. The van der Waals surface area contributed by atoms with E-state index in [0.717, 1.165) is 19.3 Å². The standard InChI is InChI=1S/C27H44N2O2/c1-4-5-9-21(2)26(30)12-11-24-25-19-22(18-23(25)20-27(24)31)10-7-6-8-13-29-16-14-28(3)15-17-29/h10-12,21,23-27,30-31H,6-9,13-20H2,1-3H3/t21-,23-,24+,25-,26+,27+/m0/s1. The Morgan fingerprint density at radius 1 is 1.16 bits per heavy atom. The fourth-order valence-corrected chi connectivity index (χ4v) is 5.61. The molecular weight excluding hydrogens is 384 g/mol. The monoisotopic (exact) mass is 428 g/mol. The first-order chi connectivity index (χ1) is 15.0. The molecule has 0 spiro atoms. The van der Waals surface area contributed by atoms with E-state index in [2.05, 4.69) is 40.8 Å². The normalized spacial score (nSPS) is 32.9. The van der Waals surface area contributed by atoms with Crippen LogP contribution in [-0.4, -0.2) is 72.0 Å². The van der Waals surface area contributed by atoms with Gasteiger partial charge in [-0.2, -0.15) is 0 Å². The van der Waals surface area contributed by atoms with Gasteiger partial charge in [0.05, 0.1) is 12.2 Å². The summed E-state index contributed by atoms with van der Waals surface area (Å²) in [6.07, 6.45) is 13.5. The Labute approximate surface area is 190 Å². The number of nitrogens with zero attached hydrogens (tertiary/aromatic N) is 2. The minimum absolute atomic E-state index is 0.128. The molecular formula is C27H44N2O2. The number of rotatable bonds is 9. The molecule has 0 aromatic rings. The Kier molecular flexibility index (Phi) is 9.66. The molecule has 1 heterocycles. The number of likely N-dealkylation sites (N-methyl/N-ethyl adjacent to an activating group) is 1. The second-order valence-corrected chi connectivity index (χ2v) is 10.2. The van der Waals surface area contributed by atoms with Crippen LogP contribution < -0.4 is 0 Å². The van der Waals surface area contributed by atoms with Gasteiger partial charge in [0, 0.05) is 38.5 Å². The molecule has 4 nitrogen and oxygen atoms in total. The molecule has 174 valence electrons. The van der Waals surface area contributed by atoms with Crippen LogP contribution in [0.2, 0.25) is 0 Å². The van der Waals surface area contributed by atoms with Crippen molar-refractivity contribution >= 4 is 0 Å². The summed E-state index contributed by atoms with van der Waals surface area (Å²) in [6, 6.07) is 0. The molecule has 4 heteroatoms. The zero-order chi connectivity index (χ0) is 22.2. The first-order valence-electron chi connectivity index (χ1n) is 12.5. The maximum atomic E-state index is 10.6. The number of fused-ring (bicyclic) bond motifs is 1. The Morgan fingerprint density at radius 3 is 2.68 bits per heavy atom. The summed E-state index contributed by atoms with van der Waals surface area (Å²) >= 11 is 0. The van der Waals surface area contributed by atoms with E-state index >= 15 is 0 Å². The Hall–Kier alpha value is -1.12.